The molecule has 0 aliphatic heterocycles. The first kappa shape index (κ1) is 14.5. The molecular formula is C17H20FNO. The first-order chi connectivity index (χ1) is 9.61. The third-order valence-electron chi connectivity index (χ3n) is 3.30. The smallest absolute Gasteiger partial charge is 0.134 e. The summed E-state index contributed by atoms with van der Waals surface area (Å²) in [4.78, 5) is 0. The standard InChI is InChI=1S/C17H20FNO/c1-12(2)13-5-4-8-16(9-13)20-11-15-7-3-6-14(10-19)17(15)18/h3-9,12H,10-11,19H2,1-2H3. The Balaban J connectivity index is 2.11. The van der Waals surface area contributed by atoms with E-state index < -0.39 is 0 Å². The molecule has 3 heteroatoms. The second kappa shape index (κ2) is 6.53. The molecule has 0 unspecified atom stereocenters. The van der Waals surface area contributed by atoms with Gasteiger partial charge in [0.1, 0.15) is 18.2 Å². The van der Waals surface area contributed by atoms with Gasteiger partial charge in [-0.3, -0.25) is 0 Å². The normalized spacial score (nSPS) is 10.8. The molecule has 0 spiro atoms. The van der Waals surface area contributed by atoms with Crippen LogP contribution in [0.15, 0.2) is 42.5 Å². The molecule has 0 heterocycles. The van der Waals surface area contributed by atoms with Gasteiger partial charge in [-0.1, -0.05) is 44.2 Å². The van der Waals surface area contributed by atoms with Crippen LogP contribution in [0.4, 0.5) is 4.39 Å². The van der Waals surface area contributed by atoms with E-state index >= 15 is 0 Å². The summed E-state index contributed by atoms with van der Waals surface area (Å²) in [5.74, 6) is 0.930. The molecule has 0 amide bonds. The highest BCUT2D eigenvalue weighted by Gasteiger charge is 2.08. The third-order valence-corrected chi connectivity index (χ3v) is 3.30. The van der Waals surface area contributed by atoms with Gasteiger partial charge in [-0.25, -0.2) is 4.39 Å². The molecule has 0 saturated heterocycles. The van der Waals surface area contributed by atoms with Crippen molar-refractivity contribution in [2.24, 2.45) is 5.73 Å². The van der Waals surface area contributed by atoms with Crippen molar-refractivity contribution >= 4 is 0 Å². The summed E-state index contributed by atoms with van der Waals surface area (Å²) in [6.07, 6.45) is 0. The van der Waals surface area contributed by atoms with Crippen molar-refractivity contribution in [1.82, 2.24) is 0 Å². The van der Waals surface area contributed by atoms with E-state index in [4.69, 9.17) is 10.5 Å². The summed E-state index contributed by atoms with van der Waals surface area (Å²) >= 11 is 0. The Morgan fingerprint density at radius 3 is 2.50 bits per heavy atom. The Hall–Kier alpha value is -1.87. The van der Waals surface area contributed by atoms with Crippen molar-refractivity contribution in [3.8, 4) is 5.75 Å². The van der Waals surface area contributed by atoms with Gasteiger partial charge in [-0.2, -0.15) is 0 Å². The number of halogens is 1. The van der Waals surface area contributed by atoms with Gasteiger partial charge in [0.05, 0.1) is 0 Å². The lowest BCUT2D eigenvalue weighted by Gasteiger charge is -2.11. The van der Waals surface area contributed by atoms with E-state index in [-0.39, 0.29) is 19.0 Å². The van der Waals surface area contributed by atoms with E-state index in [9.17, 15) is 4.39 Å². The highest BCUT2D eigenvalue weighted by Crippen LogP contribution is 2.21. The van der Waals surface area contributed by atoms with Crippen LogP contribution < -0.4 is 10.5 Å². The molecule has 0 aliphatic rings. The fourth-order valence-electron chi connectivity index (χ4n) is 2.03. The Labute approximate surface area is 119 Å². The molecule has 0 fully saturated rings. The largest absolute Gasteiger partial charge is 0.489 e. The fourth-order valence-corrected chi connectivity index (χ4v) is 2.03. The number of hydrogen-bond acceptors (Lipinski definition) is 2. The maximum Gasteiger partial charge on any atom is 0.134 e. The Kier molecular flexibility index (Phi) is 4.74. The van der Waals surface area contributed by atoms with Gasteiger partial charge in [0.15, 0.2) is 0 Å². The van der Waals surface area contributed by atoms with E-state index in [1.54, 1.807) is 18.2 Å². The van der Waals surface area contributed by atoms with Gasteiger partial charge < -0.3 is 10.5 Å². The van der Waals surface area contributed by atoms with E-state index in [2.05, 4.69) is 19.9 Å². The van der Waals surface area contributed by atoms with Crippen molar-refractivity contribution in [3.05, 3.63) is 65.0 Å². The molecule has 0 bridgehead atoms. The fraction of sp³-hybridized carbons (Fsp3) is 0.294. The van der Waals surface area contributed by atoms with E-state index in [1.165, 1.54) is 5.56 Å². The third kappa shape index (κ3) is 3.36. The van der Waals surface area contributed by atoms with Gasteiger partial charge in [0.25, 0.3) is 0 Å². The van der Waals surface area contributed by atoms with Gasteiger partial charge in [-0.05, 0) is 23.6 Å². The summed E-state index contributed by atoms with van der Waals surface area (Å²) in [5, 5.41) is 0. The quantitative estimate of drug-likeness (QED) is 0.894. The van der Waals surface area contributed by atoms with Gasteiger partial charge >= 0.3 is 0 Å². The second-order valence-electron chi connectivity index (χ2n) is 5.11. The van der Waals surface area contributed by atoms with Crippen LogP contribution in [0.2, 0.25) is 0 Å². The number of ether oxygens (including phenoxy) is 1. The highest BCUT2D eigenvalue weighted by molar-refractivity contribution is 5.31. The van der Waals surface area contributed by atoms with Crippen LogP contribution in [0.5, 0.6) is 5.75 Å². The van der Waals surface area contributed by atoms with E-state index in [0.717, 1.165) is 5.75 Å². The minimum absolute atomic E-state index is 0.197. The molecule has 2 nitrogen and oxygen atoms in total. The summed E-state index contributed by atoms with van der Waals surface area (Å²) in [7, 11) is 0. The van der Waals surface area contributed by atoms with Crippen LogP contribution in [0.25, 0.3) is 0 Å². The predicted molar refractivity (Wildman–Crippen MR) is 79.2 cm³/mol. The predicted octanol–water partition coefficient (Wildman–Crippen LogP) is 3.99. The highest BCUT2D eigenvalue weighted by atomic mass is 19.1. The molecule has 0 aromatic heterocycles. The molecule has 0 saturated carbocycles. The Morgan fingerprint density at radius 2 is 1.80 bits per heavy atom. The number of benzene rings is 2. The molecule has 20 heavy (non-hydrogen) atoms. The van der Waals surface area contributed by atoms with Crippen LogP contribution in [0, 0.1) is 5.82 Å². The lowest BCUT2D eigenvalue weighted by Crippen LogP contribution is -2.05. The molecular weight excluding hydrogens is 253 g/mol. The second-order valence-corrected chi connectivity index (χ2v) is 5.11. The molecule has 0 atom stereocenters. The minimum atomic E-state index is -0.269. The molecule has 2 aromatic rings. The van der Waals surface area contributed by atoms with Crippen LogP contribution in [-0.4, -0.2) is 0 Å². The maximum absolute atomic E-state index is 14.0. The van der Waals surface area contributed by atoms with Crippen molar-refractivity contribution in [2.45, 2.75) is 32.9 Å². The topological polar surface area (TPSA) is 35.2 Å². The average Bonchev–Trinajstić information content (AvgIpc) is 2.46. The van der Waals surface area contributed by atoms with Crippen LogP contribution in [0.1, 0.15) is 36.5 Å². The lowest BCUT2D eigenvalue weighted by atomic mass is 10.0. The van der Waals surface area contributed by atoms with Crippen LogP contribution in [-0.2, 0) is 13.2 Å². The summed E-state index contributed by atoms with van der Waals surface area (Å²) in [6, 6.07) is 13.1. The number of hydrogen-bond donors (Lipinski definition) is 1. The van der Waals surface area contributed by atoms with Crippen molar-refractivity contribution in [2.75, 3.05) is 0 Å². The SMILES string of the molecule is CC(C)c1cccc(OCc2cccc(CN)c2F)c1. The Morgan fingerprint density at radius 1 is 1.10 bits per heavy atom. The van der Waals surface area contributed by atoms with Gasteiger partial charge in [0.2, 0.25) is 0 Å². The van der Waals surface area contributed by atoms with Gasteiger partial charge in [-0.15, -0.1) is 0 Å². The lowest BCUT2D eigenvalue weighted by molar-refractivity contribution is 0.299. The summed E-state index contributed by atoms with van der Waals surface area (Å²) in [6.45, 7) is 4.66. The van der Waals surface area contributed by atoms with Gasteiger partial charge in [0, 0.05) is 17.7 Å². The maximum atomic E-state index is 14.0. The van der Waals surface area contributed by atoms with Crippen LogP contribution >= 0.6 is 0 Å². The zero-order chi connectivity index (χ0) is 14.5. The van der Waals surface area contributed by atoms with Crippen molar-refractivity contribution in [3.63, 3.8) is 0 Å². The van der Waals surface area contributed by atoms with E-state index in [0.29, 0.717) is 17.0 Å². The van der Waals surface area contributed by atoms with Crippen molar-refractivity contribution in [1.29, 1.82) is 0 Å². The molecule has 106 valence electrons. The molecule has 0 radical (unpaired) electrons. The van der Waals surface area contributed by atoms with E-state index in [1.807, 2.05) is 18.2 Å². The average molecular weight is 273 g/mol. The molecule has 0 aliphatic carbocycles. The zero-order valence-corrected chi connectivity index (χ0v) is 11.9. The van der Waals surface area contributed by atoms with Crippen LogP contribution in [0.3, 0.4) is 0 Å². The first-order valence-corrected chi connectivity index (χ1v) is 6.81. The first-order valence-electron chi connectivity index (χ1n) is 6.81. The van der Waals surface area contributed by atoms with Crippen molar-refractivity contribution < 1.29 is 9.13 Å². The summed E-state index contributed by atoms with van der Waals surface area (Å²) in [5.41, 5.74) is 7.75. The minimum Gasteiger partial charge on any atom is -0.489 e. The molecule has 2 aromatic carbocycles. The molecule has 2 N–H and O–H groups in total. The zero-order valence-electron chi connectivity index (χ0n) is 11.9. The Bertz CT molecular complexity index is 581. The number of rotatable bonds is 5. The number of nitrogens with two attached hydrogens (primary N) is 1. The summed E-state index contributed by atoms with van der Waals surface area (Å²) < 4.78 is 19.7. The molecule has 2 rings (SSSR count). The monoisotopic (exact) mass is 273 g/mol.